The van der Waals surface area contributed by atoms with Crippen LogP contribution in [0.15, 0.2) is 54.6 Å². The Hall–Kier alpha value is -3.41. The fraction of sp³-hybridized carbons (Fsp3) is 0.261. The molecular weight excluding hydrogens is 366 g/mol. The Morgan fingerprint density at radius 2 is 1.69 bits per heavy atom. The van der Waals surface area contributed by atoms with Gasteiger partial charge in [0.25, 0.3) is 5.91 Å². The first-order valence-electron chi connectivity index (χ1n) is 9.52. The lowest BCUT2D eigenvalue weighted by Crippen LogP contribution is -2.35. The Bertz CT molecular complexity index is 1010. The second-order valence-electron chi connectivity index (χ2n) is 7.04. The van der Waals surface area contributed by atoms with Crippen molar-refractivity contribution in [3.63, 3.8) is 0 Å². The summed E-state index contributed by atoms with van der Waals surface area (Å²) in [7, 11) is 0. The van der Waals surface area contributed by atoms with Gasteiger partial charge in [0.1, 0.15) is 5.56 Å². The third-order valence-electron chi connectivity index (χ3n) is 4.74. The van der Waals surface area contributed by atoms with Crippen LogP contribution in [0.2, 0.25) is 0 Å². The molecule has 0 saturated heterocycles. The number of hydrogen-bond acceptors (Lipinski definition) is 4. The number of amides is 1. The molecule has 0 aliphatic heterocycles. The van der Waals surface area contributed by atoms with Crippen LogP contribution in [-0.2, 0) is 16.1 Å². The van der Waals surface area contributed by atoms with Crippen molar-refractivity contribution < 1.29 is 14.3 Å². The predicted molar refractivity (Wildman–Crippen MR) is 111 cm³/mol. The van der Waals surface area contributed by atoms with Crippen molar-refractivity contribution in [3.8, 4) is 5.69 Å². The smallest absolute Gasteiger partial charge is 0.342 e. The highest BCUT2D eigenvalue weighted by Gasteiger charge is 2.25. The number of ether oxygens (including phenoxy) is 1. The van der Waals surface area contributed by atoms with Gasteiger partial charge in [0.15, 0.2) is 6.10 Å². The zero-order chi connectivity index (χ0) is 21.0. The second-order valence-corrected chi connectivity index (χ2v) is 7.04. The van der Waals surface area contributed by atoms with E-state index >= 15 is 0 Å². The van der Waals surface area contributed by atoms with Crippen molar-refractivity contribution in [3.05, 3.63) is 82.7 Å². The Balaban J connectivity index is 1.65. The molecule has 0 aliphatic carbocycles. The van der Waals surface area contributed by atoms with Crippen LogP contribution in [-0.4, -0.2) is 27.8 Å². The number of para-hydroxylation sites is 1. The van der Waals surface area contributed by atoms with Gasteiger partial charge in [-0.2, -0.15) is 5.10 Å². The Morgan fingerprint density at radius 3 is 2.34 bits per heavy atom. The Morgan fingerprint density at radius 1 is 1.03 bits per heavy atom. The standard InChI is InChI=1S/C23H25N3O3/c1-15-10-12-19(13-11-15)14-24-22(27)18(4)29-23(28)21-16(2)25-26(17(21)3)20-8-6-5-7-9-20/h5-13,18H,14H2,1-4H3,(H,24,27)/t18-/m0/s1. The second kappa shape index (κ2) is 8.73. The summed E-state index contributed by atoms with van der Waals surface area (Å²) in [5.74, 6) is -0.898. The highest BCUT2D eigenvalue weighted by Crippen LogP contribution is 2.19. The lowest BCUT2D eigenvalue weighted by molar-refractivity contribution is -0.129. The zero-order valence-electron chi connectivity index (χ0n) is 17.1. The minimum absolute atomic E-state index is 0.343. The van der Waals surface area contributed by atoms with Gasteiger partial charge in [-0.1, -0.05) is 48.0 Å². The van der Waals surface area contributed by atoms with E-state index in [0.29, 0.717) is 23.5 Å². The summed E-state index contributed by atoms with van der Waals surface area (Å²) in [6.45, 7) is 7.52. The summed E-state index contributed by atoms with van der Waals surface area (Å²) >= 11 is 0. The molecule has 1 N–H and O–H groups in total. The first kappa shape index (κ1) is 20.3. The first-order valence-corrected chi connectivity index (χ1v) is 9.52. The van der Waals surface area contributed by atoms with Gasteiger partial charge in [0.2, 0.25) is 0 Å². The van der Waals surface area contributed by atoms with Crippen molar-refractivity contribution >= 4 is 11.9 Å². The number of aryl methyl sites for hydroxylation is 2. The maximum Gasteiger partial charge on any atom is 0.342 e. The quantitative estimate of drug-likeness (QED) is 0.651. The van der Waals surface area contributed by atoms with Crippen LogP contribution in [0.3, 0.4) is 0 Å². The average Bonchev–Trinajstić information content (AvgIpc) is 3.02. The molecule has 1 heterocycles. The van der Waals surface area contributed by atoms with Gasteiger partial charge >= 0.3 is 5.97 Å². The van der Waals surface area contributed by atoms with E-state index in [-0.39, 0.29) is 5.91 Å². The van der Waals surface area contributed by atoms with Crippen molar-refractivity contribution in [2.24, 2.45) is 0 Å². The van der Waals surface area contributed by atoms with Crippen LogP contribution in [0.4, 0.5) is 0 Å². The van der Waals surface area contributed by atoms with Crippen molar-refractivity contribution in [1.82, 2.24) is 15.1 Å². The van der Waals surface area contributed by atoms with Crippen molar-refractivity contribution in [2.75, 3.05) is 0 Å². The van der Waals surface area contributed by atoms with Crippen LogP contribution in [0, 0.1) is 20.8 Å². The molecule has 0 aliphatic rings. The molecule has 6 nitrogen and oxygen atoms in total. The van der Waals surface area contributed by atoms with Crippen LogP contribution < -0.4 is 5.32 Å². The number of carbonyl (C=O) groups is 2. The first-order chi connectivity index (χ1) is 13.9. The molecule has 150 valence electrons. The van der Waals surface area contributed by atoms with Crippen LogP contribution in [0.5, 0.6) is 0 Å². The molecule has 3 rings (SSSR count). The SMILES string of the molecule is Cc1ccc(CNC(=O)[C@H](C)OC(=O)c2c(C)nn(-c3ccccc3)c2C)cc1. The predicted octanol–water partition coefficient (Wildman–Crippen LogP) is 3.66. The fourth-order valence-electron chi connectivity index (χ4n) is 3.07. The average molecular weight is 391 g/mol. The van der Waals surface area contributed by atoms with E-state index in [1.54, 1.807) is 18.5 Å². The number of nitrogens with zero attached hydrogens (tertiary/aromatic N) is 2. The number of rotatable bonds is 6. The fourth-order valence-corrected chi connectivity index (χ4v) is 3.07. The minimum Gasteiger partial charge on any atom is -0.449 e. The van der Waals surface area contributed by atoms with Gasteiger partial charge in [0, 0.05) is 6.54 Å². The number of hydrogen-bond donors (Lipinski definition) is 1. The molecule has 0 bridgehead atoms. The number of benzene rings is 2. The molecule has 0 fully saturated rings. The third kappa shape index (κ3) is 4.71. The molecule has 3 aromatic rings. The van der Waals surface area contributed by atoms with E-state index in [4.69, 9.17) is 4.74 Å². The highest BCUT2D eigenvalue weighted by atomic mass is 16.5. The normalized spacial score (nSPS) is 11.7. The number of aromatic nitrogens is 2. The van der Waals surface area contributed by atoms with E-state index < -0.39 is 12.1 Å². The van der Waals surface area contributed by atoms with E-state index in [1.807, 2.05) is 68.4 Å². The van der Waals surface area contributed by atoms with E-state index in [1.165, 1.54) is 0 Å². The molecular formula is C23H25N3O3. The van der Waals surface area contributed by atoms with Crippen molar-refractivity contribution in [1.29, 1.82) is 0 Å². The summed E-state index contributed by atoms with van der Waals surface area (Å²) in [6, 6.07) is 17.4. The molecule has 2 aromatic carbocycles. The van der Waals surface area contributed by atoms with Crippen LogP contribution >= 0.6 is 0 Å². The summed E-state index contributed by atoms with van der Waals surface area (Å²) in [5, 5.41) is 7.25. The van der Waals surface area contributed by atoms with Gasteiger partial charge in [0.05, 0.1) is 17.1 Å². The molecule has 6 heteroatoms. The lowest BCUT2D eigenvalue weighted by atomic mass is 10.1. The van der Waals surface area contributed by atoms with Gasteiger partial charge < -0.3 is 10.1 Å². The van der Waals surface area contributed by atoms with E-state index in [0.717, 1.165) is 16.8 Å². The molecule has 1 aromatic heterocycles. The van der Waals surface area contributed by atoms with Crippen LogP contribution in [0.25, 0.3) is 5.69 Å². The molecule has 1 atom stereocenters. The van der Waals surface area contributed by atoms with E-state index in [9.17, 15) is 9.59 Å². The summed E-state index contributed by atoms with van der Waals surface area (Å²) in [5.41, 5.74) is 4.61. The van der Waals surface area contributed by atoms with E-state index in [2.05, 4.69) is 10.4 Å². The molecule has 0 spiro atoms. The number of nitrogens with one attached hydrogen (secondary N) is 1. The molecule has 0 radical (unpaired) electrons. The zero-order valence-corrected chi connectivity index (χ0v) is 17.1. The van der Waals surface area contributed by atoms with Crippen molar-refractivity contribution in [2.45, 2.75) is 40.3 Å². The van der Waals surface area contributed by atoms with Gasteiger partial charge in [-0.3, -0.25) is 4.79 Å². The van der Waals surface area contributed by atoms with Crippen LogP contribution in [0.1, 0.15) is 39.8 Å². The van der Waals surface area contributed by atoms with Gasteiger partial charge in [-0.15, -0.1) is 0 Å². The topological polar surface area (TPSA) is 73.2 Å². The molecule has 0 saturated carbocycles. The molecule has 1 amide bonds. The maximum absolute atomic E-state index is 12.7. The number of esters is 1. The molecule has 29 heavy (non-hydrogen) atoms. The third-order valence-corrected chi connectivity index (χ3v) is 4.74. The summed E-state index contributed by atoms with van der Waals surface area (Å²) in [4.78, 5) is 25.0. The van der Waals surface area contributed by atoms with Gasteiger partial charge in [-0.25, -0.2) is 9.48 Å². The monoisotopic (exact) mass is 391 g/mol. The molecule has 0 unspecified atom stereocenters. The maximum atomic E-state index is 12.7. The Kier molecular flexibility index (Phi) is 6.12. The lowest BCUT2D eigenvalue weighted by Gasteiger charge is -2.14. The summed E-state index contributed by atoms with van der Waals surface area (Å²) < 4.78 is 7.11. The highest BCUT2D eigenvalue weighted by molar-refractivity contribution is 5.94. The summed E-state index contributed by atoms with van der Waals surface area (Å²) in [6.07, 6.45) is -0.910. The minimum atomic E-state index is -0.910. The van der Waals surface area contributed by atoms with Gasteiger partial charge in [-0.05, 0) is 45.4 Å². The largest absolute Gasteiger partial charge is 0.449 e. The number of carbonyl (C=O) groups excluding carboxylic acids is 2. The Labute approximate surface area is 170 Å².